The SMILES string of the molecule is CSc1ccc(/C=N/NC(=O)CCCOc2ccc(Cl)cc2C)cc1. The number of halogens is 1. The molecule has 2 rings (SSSR count). The van der Waals surface area contributed by atoms with Crippen LogP contribution in [0.25, 0.3) is 0 Å². The van der Waals surface area contributed by atoms with Crippen LogP contribution in [0.5, 0.6) is 5.75 Å². The van der Waals surface area contributed by atoms with Crippen molar-refractivity contribution >= 4 is 35.5 Å². The number of hydrogen-bond acceptors (Lipinski definition) is 4. The molecule has 0 spiro atoms. The molecular weight excluding hydrogens is 356 g/mol. The van der Waals surface area contributed by atoms with E-state index in [9.17, 15) is 4.79 Å². The summed E-state index contributed by atoms with van der Waals surface area (Å²) in [5.41, 5.74) is 4.45. The van der Waals surface area contributed by atoms with Crippen molar-refractivity contribution in [1.82, 2.24) is 5.43 Å². The van der Waals surface area contributed by atoms with Crippen molar-refractivity contribution < 1.29 is 9.53 Å². The van der Waals surface area contributed by atoms with Gasteiger partial charge in [0.1, 0.15) is 5.75 Å². The molecule has 1 N–H and O–H groups in total. The van der Waals surface area contributed by atoms with Crippen molar-refractivity contribution in [1.29, 1.82) is 0 Å². The Labute approximate surface area is 157 Å². The largest absolute Gasteiger partial charge is 0.493 e. The maximum Gasteiger partial charge on any atom is 0.240 e. The Balaban J connectivity index is 1.67. The molecule has 2 aromatic rings. The predicted octanol–water partition coefficient (Wildman–Crippen LogP) is 4.68. The molecule has 0 radical (unpaired) electrons. The first-order valence-electron chi connectivity index (χ1n) is 7.93. The van der Waals surface area contributed by atoms with Gasteiger partial charge in [0.15, 0.2) is 0 Å². The third kappa shape index (κ3) is 6.80. The second-order valence-corrected chi connectivity index (χ2v) is 6.74. The lowest BCUT2D eigenvalue weighted by atomic mass is 10.2. The molecule has 6 heteroatoms. The van der Waals surface area contributed by atoms with Crippen molar-refractivity contribution in [3.63, 3.8) is 0 Å². The van der Waals surface area contributed by atoms with Gasteiger partial charge in [0.05, 0.1) is 12.8 Å². The summed E-state index contributed by atoms with van der Waals surface area (Å²) in [7, 11) is 0. The Bertz CT molecular complexity index is 733. The zero-order valence-corrected chi connectivity index (χ0v) is 15.9. The lowest BCUT2D eigenvalue weighted by Gasteiger charge is -2.08. The van der Waals surface area contributed by atoms with Crippen LogP contribution in [0, 0.1) is 6.92 Å². The van der Waals surface area contributed by atoms with Crippen LogP contribution in [-0.4, -0.2) is 25.0 Å². The Morgan fingerprint density at radius 3 is 2.72 bits per heavy atom. The molecule has 0 aliphatic carbocycles. The van der Waals surface area contributed by atoms with Gasteiger partial charge in [0.2, 0.25) is 5.91 Å². The second kappa shape index (κ2) is 10.1. The third-order valence-electron chi connectivity index (χ3n) is 3.46. The summed E-state index contributed by atoms with van der Waals surface area (Å²) in [5.74, 6) is 0.657. The summed E-state index contributed by atoms with van der Waals surface area (Å²) in [6, 6.07) is 13.4. The van der Waals surface area contributed by atoms with Gasteiger partial charge in [0, 0.05) is 16.3 Å². The summed E-state index contributed by atoms with van der Waals surface area (Å²) < 4.78 is 5.66. The first kappa shape index (κ1) is 19.3. The number of carbonyl (C=O) groups is 1. The van der Waals surface area contributed by atoms with E-state index in [4.69, 9.17) is 16.3 Å². The molecule has 25 heavy (non-hydrogen) atoms. The van der Waals surface area contributed by atoms with Crippen LogP contribution < -0.4 is 10.2 Å². The van der Waals surface area contributed by atoms with Gasteiger partial charge in [-0.2, -0.15) is 5.10 Å². The number of hydrazone groups is 1. The van der Waals surface area contributed by atoms with E-state index in [1.165, 1.54) is 4.90 Å². The summed E-state index contributed by atoms with van der Waals surface area (Å²) >= 11 is 7.59. The molecule has 0 saturated heterocycles. The van der Waals surface area contributed by atoms with Crippen molar-refractivity contribution in [2.75, 3.05) is 12.9 Å². The van der Waals surface area contributed by atoms with Crippen LogP contribution in [0.4, 0.5) is 0 Å². The number of hydrogen-bond donors (Lipinski definition) is 1. The summed E-state index contributed by atoms with van der Waals surface area (Å²) in [6.07, 6.45) is 4.64. The smallest absolute Gasteiger partial charge is 0.240 e. The van der Waals surface area contributed by atoms with E-state index in [1.807, 2.05) is 49.6 Å². The number of nitrogens with one attached hydrogen (secondary N) is 1. The maximum absolute atomic E-state index is 11.8. The van der Waals surface area contributed by atoms with Crippen molar-refractivity contribution in [3.8, 4) is 5.75 Å². The van der Waals surface area contributed by atoms with Crippen LogP contribution in [-0.2, 0) is 4.79 Å². The van der Waals surface area contributed by atoms with Gasteiger partial charge in [-0.25, -0.2) is 5.43 Å². The second-order valence-electron chi connectivity index (χ2n) is 5.43. The monoisotopic (exact) mass is 376 g/mol. The molecular formula is C19H21ClN2O2S. The number of amides is 1. The highest BCUT2D eigenvalue weighted by molar-refractivity contribution is 7.98. The van der Waals surface area contributed by atoms with Crippen LogP contribution in [0.15, 0.2) is 52.5 Å². The number of ether oxygens (including phenoxy) is 1. The number of carbonyl (C=O) groups excluding carboxylic acids is 1. The Kier molecular flexibility index (Phi) is 7.82. The van der Waals surface area contributed by atoms with Gasteiger partial charge in [-0.05, 0) is 61.1 Å². The lowest BCUT2D eigenvalue weighted by Crippen LogP contribution is -2.18. The normalized spacial score (nSPS) is 10.8. The topological polar surface area (TPSA) is 50.7 Å². The number of benzene rings is 2. The highest BCUT2D eigenvalue weighted by Gasteiger charge is 2.03. The van der Waals surface area contributed by atoms with Crippen molar-refractivity contribution in [2.24, 2.45) is 5.10 Å². The maximum atomic E-state index is 11.8. The number of thioether (sulfide) groups is 1. The molecule has 0 aromatic heterocycles. The molecule has 1 amide bonds. The molecule has 0 unspecified atom stereocenters. The number of nitrogens with zero attached hydrogens (tertiary/aromatic N) is 1. The minimum Gasteiger partial charge on any atom is -0.493 e. The minimum atomic E-state index is -0.131. The first-order chi connectivity index (χ1) is 12.1. The van der Waals surface area contributed by atoms with Gasteiger partial charge in [-0.3, -0.25) is 4.79 Å². The average molecular weight is 377 g/mol. The van der Waals surface area contributed by atoms with Crippen LogP contribution in [0.1, 0.15) is 24.0 Å². The highest BCUT2D eigenvalue weighted by Crippen LogP contribution is 2.21. The predicted molar refractivity (Wildman–Crippen MR) is 105 cm³/mol. The molecule has 2 aromatic carbocycles. The van der Waals surface area contributed by atoms with Crippen LogP contribution in [0.2, 0.25) is 5.02 Å². The zero-order chi connectivity index (χ0) is 18.1. The van der Waals surface area contributed by atoms with Crippen molar-refractivity contribution in [3.05, 3.63) is 58.6 Å². The molecule has 0 fully saturated rings. The molecule has 0 bridgehead atoms. The van der Waals surface area contributed by atoms with E-state index >= 15 is 0 Å². The van der Waals surface area contributed by atoms with Crippen molar-refractivity contribution in [2.45, 2.75) is 24.7 Å². The van der Waals surface area contributed by atoms with E-state index in [0.29, 0.717) is 24.5 Å². The fourth-order valence-corrected chi connectivity index (χ4v) is 2.75. The Morgan fingerprint density at radius 1 is 1.28 bits per heavy atom. The van der Waals surface area contributed by atoms with Crippen LogP contribution >= 0.6 is 23.4 Å². The highest BCUT2D eigenvalue weighted by atomic mass is 35.5. The van der Waals surface area contributed by atoms with Gasteiger partial charge in [-0.1, -0.05) is 23.7 Å². The fourth-order valence-electron chi connectivity index (χ4n) is 2.11. The number of rotatable bonds is 8. The molecule has 0 heterocycles. The van der Waals surface area contributed by atoms with E-state index in [0.717, 1.165) is 16.9 Å². The molecule has 0 aliphatic rings. The molecule has 4 nitrogen and oxygen atoms in total. The quantitative estimate of drug-likeness (QED) is 0.315. The Hall–Kier alpha value is -1.98. The van der Waals surface area contributed by atoms with E-state index in [-0.39, 0.29) is 5.91 Å². The fraction of sp³-hybridized carbons (Fsp3) is 0.263. The van der Waals surface area contributed by atoms with Crippen LogP contribution in [0.3, 0.4) is 0 Å². The van der Waals surface area contributed by atoms with E-state index < -0.39 is 0 Å². The standard InChI is InChI=1S/C19H21ClN2O2S/c1-14-12-16(20)7-10-18(14)24-11-3-4-19(23)22-21-13-15-5-8-17(25-2)9-6-15/h5-10,12-13H,3-4,11H2,1-2H3,(H,22,23)/b21-13+. The molecule has 132 valence electrons. The van der Waals surface area contributed by atoms with Gasteiger partial charge >= 0.3 is 0 Å². The zero-order valence-electron chi connectivity index (χ0n) is 14.3. The molecule has 0 atom stereocenters. The van der Waals surface area contributed by atoms with Gasteiger partial charge < -0.3 is 4.74 Å². The average Bonchev–Trinajstić information content (AvgIpc) is 2.61. The third-order valence-corrected chi connectivity index (χ3v) is 4.44. The summed E-state index contributed by atoms with van der Waals surface area (Å²) in [4.78, 5) is 12.9. The first-order valence-corrected chi connectivity index (χ1v) is 9.53. The summed E-state index contributed by atoms with van der Waals surface area (Å²) in [5, 5.41) is 4.66. The molecule has 0 saturated carbocycles. The summed E-state index contributed by atoms with van der Waals surface area (Å²) in [6.45, 7) is 2.41. The molecule has 0 aliphatic heterocycles. The Morgan fingerprint density at radius 2 is 2.04 bits per heavy atom. The van der Waals surface area contributed by atoms with Gasteiger partial charge in [-0.15, -0.1) is 11.8 Å². The minimum absolute atomic E-state index is 0.131. The van der Waals surface area contributed by atoms with E-state index in [1.54, 1.807) is 24.0 Å². The number of aryl methyl sites for hydroxylation is 1. The van der Waals surface area contributed by atoms with E-state index in [2.05, 4.69) is 10.5 Å². The lowest BCUT2D eigenvalue weighted by molar-refractivity contribution is -0.121. The van der Waals surface area contributed by atoms with Gasteiger partial charge in [0.25, 0.3) is 0 Å².